The van der Waals surface area contributed by atoms with E-state index in [0.717, 1.165) is 24.3 Å². The normalized spacial score (nSPS) is 13.3. The minimum atomic E-state index is -4.76. The molecule has 8 heteroatoms. The minimum Gasteiger partial charge on any atom is -0.406 e. The standard InChI is InChI=1S/C7H5F3O4S/c8-7(9,10)13-5-1-3-6(4-2-5)14-15(11)12/h1-4H,(H,11,12). The average molecular weight is 242 g/mol. The Bertz CT molecular complexity index is 348. The molecule has 0 fully saturated rings. The molecule has 1 atom stereocenters. The summed E-state index contributed by atoms with van der Waals surface area (Å²) in [6.07, 6.45) is -4.76. The Morgan fingerprint density at radius 1 is 1.13 bits per heavy atom. The molecule has 0 saturated heterocycles. The first kappa shape index (κ1) is 11.8. The van der Waals surface area contributed by atoms with Gasteiger partial charge in [0.1, 0.15) is 11.5 Å². The number of alkyl halides is 3. The monoisotopic (exact) mass is 242 g/mol. The Morgan fingerprint density at radius 3 is 2.00 bits per heavy atom. The van der Waals surface area contributed by atoms with Crippen molar-refractivity contribution in [3.05, 3.63) is 24.3 Å². The summed E-state index contributed by atoms with van der Waals surface area (Å²) in [5.74, 6) is -0.469. The van der Waals surface area contributed by atoms with Crippen LogP contribution in [0.3, 0.4) is 0 Å². The smallest absolute Gasteiger partial charge is 0.406 e. The highest BCUT2D eigenvalue weighted by Gasteiger charge is 2.30. The Morgan fingerprint density at radius 2 is 1.60 bits per heavy atom. The topological polar surface area (TPSA) is 55.8 Å². The Labute approximate surface area is 85.1 Å². The van der Waals surface area contributed by atoms with Crippen LogP contribution in [0.15, 0.2) is 24.3 Å². The van der Waals surface area contributed by atoms with E-state index in [-0.39, 0.29) is 5.75 Å². The highest BCUT2D eigenvalue weighted by Crippen LogP contribution is 2.24. The van der Waals surface area contributed by atoms with Gasteiger partial charge < -0.3 is 8.92 Å². The molecule has 0 spiro atoms. The van der Waals surface area contributed by atoms with E-state index >= 15 is 0 Å². The van der Waals surface area contributed by atoms with Gasteiger partial charge in [0.2, 0.25) is 0 Å². The van der Waals surface area contributed by atoms with Crippen molar-refractivity contribution in [3.63, 3.8) is 0 Å². The lowest BCUT2D eigenvalue weighted by Crippen LogP contribution is -2.16. The van der Waals surface area contributed by atoms with Gasteiger partial charge in [0, 0.05) is 0 Å². The zero-order valence-electron chi connectivity index (χ0n) is 7.02. The quantitative estimate of drug-likeness (QED) is 0.824. The van der Waals surface area contributed by atoms with E-state index in [9.17, 15) is 17.4 Å². The molecule has 0 saturated carbocycles. The second kappa shape index (κ2) is 4.49. The zero-order chi connectivity index (χ0) is 11.5. The molecule has 84 valence electrons. The molecule has 0 aliphatic rings. The molecule has 1 aromatic rings. The molecular weight excluding hydrogens is 237 g/mol. The fourth-order valence-corrected chi connectivity index (χ4v) is 1.05. The van der Waals surface area contributed by atoms with Gasteiger partial charge in [-0.25, -0.2) is 0 Å². The molecule has 1 aromatic carbocycles. The molecule has 0 heterocycles. The van der Waals surface area contributed by atoms with Crippen LogP contribution in [0.2, 0.25) is 0 Å². The highest BCUT2D eigenvalue weighted by molar-refractivity contribution is 7.74. The first-order chi connectivity index (χ1) is 6.87. The third-order valence-electron chi connectivity index (χ3n) is 1.22. The van der Waals surface area contributed by atoms with Crippen LogP contribution in [0.4, 0.5) is 13.2 Å². The summed E-state index contributed by atoms with van der Waals surface area (Å²) in [5, 5.41) is 0. The Kier molecular flexibility index (Phi) is 3.53. The molecule has 1 unspecified atom stereocenters. The maximum Gasteiger partial charge on any atom is 0.573 e. The van der Waals surface area contributed by atoms with Crippen molar-refractivity contribution in [3.8, 4) is 11.5 Å². The lowest BCUT2D eigenvalue weighted by molar-refractivity contribution is -0.274. The van der Waals surface area contributed by atoms with Gasteiger partial charge in [-0.15, -0.1) is 13.2 Å². The van der Waals surface area contributed by atoms with Crippen LogP contribution in [0.25, 0.3) is 0 Å². The maximum atomic E-state index is 11.7. The number of halogens is 3. The van der Waals surface area contributed by atoms with Crippen molar-refractivity contribution < 1.29 is 30.9 Å². The van der Waals surface area contributed by atoms with Crippen LogP contribution in [0, 0.1) is 0 Å². The van der Waals surface area contributed by atoms with Gasteiger partial charge in [0.05, 0.1) is 0 Å². The summed E-state index contributed by atoms with van der Waals surface area (Å²) in [6.45, 7) is 0. The number of benzene rings is 1. The molecular formula is C7H5F3O4S. The van der Waals surface area contributed by atoms with Crippen LogP contribution in [0.5, 0.6) is 11.5 Å². The molecule has 0 amide bonds. The van der Waals surface area contributed by atoms with E-state index in [1.807, 2.05) is 0 Å². The Balaban J connectivity index is 2.68. The number of hydrogen-bond acceptors (Lipinski definition) is 3. The second-order valence-corrected chi connectivity index (χ2v) is 2.92. The SMILES string of the molecule is O=S(O)Oc1ccc(OC(F)(F)F)cc1. The van der Waals surface area contributed by atoms with Crippen LogP contribution in [-0.4, -0.2) is 15.1 Å². The van der Waals surface area contributed by atoms with E-state index in [1.54, 1.807) is 0 Å². The van der Waals surface area contributed by atoms with Gasteiger partial charge in [-0.1, -0.05) is 0 Å². The lowest BCUT2D eigenvalue weighted by atomic mass is 10.3. The molecule has 0 aliphatic carbocycles. The second-order valence-electron chi connectivity index (χ2n) is 2.32. The summed E-state index contributed by atoms with van der Waals surface area (Å²) >= 11 is -2.51. The van der Waals surface area contributed by atoms with Crippen molar-refractivity contribution in [2.24, 2.45) is 0 Å². The van der Waals surface area contributed by atoms with Crippen LogP contribution in [0.1, 0.15) is 0 Å². The van der Waals surface area contributed by atoms with E-state index in [2.05, 4.69) is 8.92 Å². The van der Waals surface area contributed by atoms with E-state index < -0.39 is 23.5 Å². The summed E-state index contributed by atoms with van der Waals surface area (Å²) in [7, 11) is 0. The number of ether oxygens (including phenoxy) is 1. The first-order valence-electron chi connectivity index (χ1n) is 3.52. The molecule has 1 rings (SSSR count). The Hall–Kier alpha value is -1.28. The predicted octanol–water partition coefficient (Wildman–Crippen LogP) is 2.10. The van der Waals surface area contributed by atoms with Crippen molar-refractivity contribution in [2.75, 3.05) is 0 Å². The van der Waals surface area contributed by atoms with Crippen molar-refractivity contribution in [1.82, 2.24) is 0 Å². The fraction of sp³-hybridized carbons (Fsp3) is 0.143. The number of rotatable bonds is 3. The molecule has 0 bridgehead atoms. The maximum absolute atomic E-state index is 11.7. The van der Waals surface area contributed by atoms with Crippen LogP contribution in [-0.2, 0) is 11.4 Å². The van der Waals surface area contributed by atoms with Crippen LogP contribution < -0.4 is 8.92 Å². The first-order valence-corrected chi connectivity index (χ1v) is 4.55. The van der Waals surface area contributed by atoms with Crippen molar-refractivity contribution >= 4 is 11.4 Å². The van der Waals surface area contributed by atoms with E-state index in [4.69, 9.17) is 4.55 Å². The fourth-order valence-electron chi connectivity index (χ4n) is 0.779. The largest absolute Gasteiger partial charge is 0.573 e. The van der Waals surface area contributed by atoms with Crippen LogP contribution >= 0.6 is 0 Å². The highest BCUT2D eigenvalue weighted by atomic mass is 32.2. The summed E-state index contributed by atoms with van der Waals surface area (Å²) in [6, 6.07) is 4.09. The summed E-state index contributed by atoms with van der Waals surface area (Å²) in [5.41, 5.74) is 0. The third kappa shape index (κ3) is 4.66. The van der Waals surface area contributed by atoms with Gasteiger partial charge in [0.15, 0.2) is 0 Å². The van der Waals surface area contributed by atoms with E-state index in [1.165, 1.54) is 0 Å². The van der Waals surface area contributed by atoms with Gasteiger partial charge in [0.25, 0.3) is 0 Å². The molecule has 0 aliphatic heterocycles. The molecule has 0 radical (unpaired) electrons. The summed E-state index contributed by atoms with van der Waals surface area (Å²) < 4.78 is 61.4. The molecule has 4 nitrogen and oxygen atoms in total. The number of hydrogen-bond donors (Lipinski definition) is 1. The van der Waals surface area contributed by atoms with Crippen molar-refractivity contribution in [1.29, 1.82) is 0 Å². The van der Waals surface area contributed by atoms with Gasteiger partial charge >= 0.3 is 17.7 Å². The predicted molar refractivity (Wildman–Crippen MR) is 44.5 cm³/mol. The van der Waals surface area contributed by atoms with Gasteiger partial charge in [-0.05, 0) is 24.3 Å². The summed E-state index contributed by atoms with van der Waals surface area (Å²) in [4.78, 5) is 0. The molecule has 15 heavy (non-hydrogen) atoms. The van der Waals surface area contributed by atoms with Crippen molar-refractivity contribution in [2.45, 2.75) is 6.36 Å². The molecule has 1 N–H and O–H groups in total. The zero-order valence-corrected chi connectivity index (χ0v) is 7.84. The average Bonchev–Trinajstić information content (AvgIpc) is 2.05. The van der Waals surface area contributed by atoms with E-state index in [0.29, 0.717) is 0 Å². The lowest BCUT2D eigenvalue weighted by Gasteiger charge is -2.08. The van der Waals surface area contributed by atoms with Gasteiger partial charge in [-0.2, -0.15) is 4.21 Å². The minimum absolute atomic E-state index is 0.0367. The third-order valence-corrected chi connectivity index (χ3v) is 1.56. The molecule has 0 aromatic heterocycles. The van der Waals surface area contributed by atoms with Gasteiger partial charge in [-0.3, -0.25) is 4.55 Å².